The van der Waals surface area contributed by atoms with E-state index in [4.69, 9.17) is 0 Å². The van der Waals surface area contributed by atoms with Crippen molar-refractivity contribution in [2.24, 2.45) is 0 Å². The van der Waals surface area contributed by atoms with E-state index in [-0.39, 0.29) is 6.54 Å². The molecule has 0 spiro atoms. The van der Waals surface area contributed by atoms with Gasteiger partial charge < -0.3 is 5.32 Å². The van der Waals surface area contributed by atoms with E-state index in [0.717, 1.165) is 16.0 Å². The summed E-state index contributed by atoms with van der Waals surface area (Å²) in [4.78, 5) is 1.23. The topological polar surface area (TPSA) is 86.9 Å². The van der Waals surface area contributed by atoms with Gasteiger partial charge in [0.05, 0.1) is 6.20 Å². The second kappa shape index (κ2) is 6.69. The second-order valence-electron chi connectivity index (χ2n) is 5.14. The van der Waals surface area contributed by atoms with Crippen molar-refractivity contribution < 1.29 is 8.42 Å². The minimum absolute atomic E-state index is 0.227. The van der Waals surface area contributed by atoms with Gasteiger partial charge in [0.2, 0.25) is 10.0 Å². The number of nitrogens with zero attached hydrogens (tertiary/aromatic N) is 1. The third kappa shape index (κ3) is 4.13. The van der Waals surface area contributed by atoms with Gasteiger partial charge in [-0.15, -0.1) is 11.3 Å². The number of aryl methyl sites for hydroxylation is 1. The zero-order valence-corrected chi connectivity index (χ0v) is 13.9. The van der Waals surface area contributed by atoms with Crippen molar-refractivity contribution in [3.8, 4) is 0 Å². The fraction of sp³-hybridized carbons (Fsp3) is 0.462. The zero-order chi connectivity index (χ0) is 15.5. The van der Waals surface area contributed by atoms with Crippen molar-refractivity contribution in [1.29, 1.82) is 0 Å². The van der Waals surface area contributed by atoms with Crippen LogP contribution in [0.1, 0.15) is 29.9 Å². The molecule has 0 aliphatic heterocycles. The van der Waals surface area contributed by atoms with Crippen molar-refractivity contribution in [1.82, 2.24) is 20.2 Å². The van der Waals surface area contributed by atoms with Gasteiger partial charge in [0.25, 0.3) is 0 Å². The molecule has 116 valence electrons. The number of hydrogen-bond donors (Lipinski definition) is 3. The van der Waals surface area contributed by atoms with Gasteiger partial charge in [-0.1, -0.05) is 13.8 Å². The lowest BCUT2D eigenvalue weighted by atomic mass is 10.3. The Morgan fingerprint density at radius 3 is 2.76 bits per heavy atom. The van der Waals surface area contributed by atoms with E-state index in [2.05, 4.69) is 20.2 Å². The highest BCUT2D eigenvalue weighted by Crippen LogP contribution is 2.27. The largest absolute Gasteiger partial charge is 0.310 e. The minimum Gasteiger partial charge on any atom is -0.310 e. The van der Waals surface area contributed by atoms with Crippen molar-refractivity contribution >= 4 is 21.4 Å². The van der Waals surface area contributed by atoms with Crippen LogP contribution in [0.5, 0.6) is 0 Å². The first-order valence-electron chi connectivity index (χ1n) is 6.68. The van der Waals surface area contributed by atoms with E-state index in [1.807, 2.05) is 26.2 Å². The zero-order valence-electron chi connectivity index (χ0n) is 12.3. The molecule has 0 atom stereocenters. The number of rotatable bonds is 7. The van der Waals surface area contributed by atoms with E-state index in [0.29, 0.717) is 17.5 Å². The number of sulfonamides is 1. The van der Waals surface area contributed by atoms with Gasteiger partial charge in [-0.25, -0.2) is 13.1 Å². The predicted octanol–water partition coefficient (Wildman–Crippen LogP) is 1.76. The number of aromatic amines is 1. The van der Waals surface area contributed by atoms with Crippen LogP contribution in [0.4, 0.5) is 0 Å². The van der Waals surface area contributed by atoms with Crippen molar-refractivity contribution in [2.45, 2.75) is 44.8 Å². The monoisotopic (exact) mass is 328 g/mol. The fourth-order valence-corrected chi connectivity index (χ4v) is 4.67. The second-order valence-corrected chi connectivity index (χ2v) is 7.81. The van der Waals surface area contributed by atoms with Crippen LogP contribution in [-0.4, -0.2) is 24.7 Å². The van der Waals surface area contributed by atoms with Gasteiger partial charge in [0.15, 0.2) is 0 Å². The highest BCUT2D eigenvalue weighted by atomic mass is 32.2. The predicted molar refractivity (Wildman–Crippen MR) is 83.6 cm³/mol. The van der Waals surface area contributed by atoms with Crippen LogP contribution in [0.25, 0.3) is 0 Å². The lowest BCUT2D eigenvalue weighted by Gasteiger charge is -2.11. The Labute approximate surface area is 129 Å². The Morgan fingerprint density at radius 1 is 1.38 bits per heavy atom. The molecule has 0 aliphatic rings. The Bertz CT molecular complexity index is 675. The quantitative estimate of drug-likeness (QED) is 0.723. The Balaban J connectivity index is 2.16. The molecule has 0 saturated heterocycles. The molecule has 2 heterocycles. The van der Waals surface area contributed by atoms with Crippen molar-refractivity contribution in [2.75, 3.05) is 0 Å². The third-order valence-electron chi connectivity index (χ3n) is 2.95. The van der Waals surface area contributed by atoms with Crippen LogP contribution in [0.3, 0.4) is 0 Å². The molecule has 21 heavy (non-hydrogen) atoms. The van der Waals surface area contributed by atoms with Crippen LogP contribution >= 0.6 is 11.3 Å². The fourth-order valence-electron chi connectivity index (χ4n) is 1.89. The van der Waals surface area contributed by atoms with Crippen molar-refractivity contribution in [3.05, 3.63) is 33.8 Å². The van der Waals surface area contributed by atoms with Gasteiger partial charge in [-0.2, -0.15) is 5.10 Å². The molecule has 3 N–H and O–H groups in total. The molecule has 2 aromatic rings. The van der Waals surface area contributed by atoms with E-state index in [9.17, 15) is 8.42 Å². The lowest BCUT2D eigenvalue weighted by molar-refractivity contribution is 0.570. The summed E-state index contributed by atoms with van der Waals surface area (Å²) >= 11 is 1.47. The van der Waals surface area contributed by atoms with Gasteiger partial charge in [-0.05, 0) is 17.9 Å². The van der Waals surface area contributed by atoms with Gasteiger partial charge in [0, 0.05) is 35.8 Å². The molecule has 0 unspecified atom stereocenters. The lowest BCUT2D eigenvalue weighted by Crippen LogP contribution is -2.26. The van der Waals surface area contributed by atoms with Crippen LogP contribution < -0.4 is 10.0 Å². The van der Waals surface area contributed by atoms with Crippen LogP contribution in [0, 0.1) is 6.92 Å². The maximum absolute atomic E-state index is 12.5. The smallest absolute Gasteiger partial charge is 0.242 e. The molecule has 0 aromatic carbocycles. The molecule has 0 bridgehead atoms. The summed E-state index contributed by atoms with van der Waals surface area (Å²) in [6.07, 6.45) is 3.27. The first kappa shape index (κ1) is 16.2. The molecule has 0 fully saturated rings. The molecule has 8 heteroatoms. The van der Waals surface area contributed by atoms with Gasteiger partial charge in [-0.3, -0.25) is 5.10 Å². The molecule has 6 nitrogen and oxygen atoms in total. The number of nitrogens with one attached hydrogen (secondary N) is 3. The Morgan fingerprint density at radius 2 is 2.14 bits per heavy atom. The van der Waals surface area contributed by atoms with Crippen LogP contribution in [0.15, 0.2) is 22.7 Å². The molecule has 2 rings (SSSR count). The first-order chi connectivity index (χ1) is 9.90. The third-order valence-corrected chi connectivity index (χ3v) is 5.81. The van der Waals surface area contributed by atoms with Crippen LogP contribution in [0.2, 0.25) is 0 Å². The van der Waals surface area contributed by atoms with Crippen LogP contribution in [-0.2, 0) is 23.1 Å². The van der Waals surface area contributed by atoms with Crippen molar-refractivity contribution in [3.63, 3.8) is 0 Å². The standard InChI is InChI=1S/C13H20N4O2S2/c1-9(2)14-7-12-13(10(3)8-20-12)21(18,19)17-6-11-4-15-16-5-11/h4-5,8-9,14,17H,6-7H2,1-3H3,(H,15,16). The van der Waals surface area contributed by atoms with E-state index in [1.165, 1.54) is 11.3 Å². The molecular weight excluding hydrogens is 308 g/mol. The highest BCUT2D eigenvalue weighted by Gasteiger charge is 2.22. The molecule has 2 aromatic heterocycles. The average Bonchev–Trinajstić information content (AvgIpc) is 3.03. The molecule has 0 aliphatic carbocycles. The summed E-state index contributed by atoms with van der Waals surface area (Å²) in [6, 6.07) is 0.307. The molecule has 0 saturated carbocycles. The summed E-state index contributed by atoms with van der Waals surface area (Å²) < 4.78 is 27.6. The molecular formula is C13H20N4O2S2. The Kier molecular flexibility index (Phi) is 5.15. The number of thiophene rings is 1. The van der Waals surface area contributed by atoms with Gasteiger partial charge in [0.1, 0.15) is 4.90 Å². The first-order valence-corrected chi connectivity index (χ1v) is 9.04. The molecule has 0 amide bonds. The summed E-state index contributed by atoms with van der Waals surface area (Å²) in [5, 5.41) is 11.6. The highest BCUT2D eigenvalue weighted by molar-refractivity contribution is 7.89. The summed E-state index contributed by atoms with van der Waals surface area (Å²) in [5.74, 6) is 0. The van der Waals surface area contributed by atoms with E-state index >= 15 is 0 Å². The Hall–Kier alpha value is -1.22. The maximum Gasteiger partial charge on any atom is 0.242 e. The minimum atomic E-state index is -3.52. The van der Waals surface area contributed by atoms with E-state index < -0.39 is 10.0 Å². The number of aromatic nitrogens is 2. The SMILES string of the molecule is Cc1csc(CNC(C)C)c1S(=O)(=O)NCc1cn[nH]c1. The summed E-state index contributed by atoms with van der Waals surface area (Å²) in [7, 11) is -3.52. The number of hydrogen-bond acceptors (Lipinski definition) is 5. The summed E-state index contributed by atoms with van der Waals surface area (Å²) in [5.41, 5.74) is 1.58. The normalized spacial score (nSPS) is 12.2. The number of H-pyrrole nitrogens is 1. The van der Waals surface area contributed by atoms with E-state index in [1.54, 1.807) is 12.4 Å². The average molecular weight is 328 g/mol. The summed E-state index contributed by atoms with van der Waals surface area (Å²) in [6.45, 7) is 6.67. The molecule has 0 radical (unpaired) electrons. The maximum atomic E-state index is 12.5. The van der Waals surface area contributed by atoms with Gasteiger partial charge >= 0.3 is 0 Å².